The first kappa shape index (κ1) is 23.4. The number of guanidine groups is 1. The smallest absolute Gasteiger partial charge is 0.333 e. The van der Waals surface area contributed by atoms with Crippen LogP contribution in [-0.4, -0.2) is 43.0 Å². The Bertz CT molecular complexity index is 1320. The van der Waals surface area contributed by atoms with Crippen LogP contribution in [0.4, 0.5) is 11.6 Å². The van der Waals surface area contributed by atoms with Gasteiger partial charge in [0.2, 0.25) is 11.8 Å². The summed E-state index contributed by atoms with van der Waals surface area (Å²) in [4.78, 5) is 41.7. The lowest BCUT2D eigenvalue weighted by Gasteiger charge is -2.09. The van der Waals surface area contributed by atoms with E-state index in [1.807, 2.05) is 26.8 Å². The van der Waals surface area contributed by atoms with Crippen LogP contribution in [0.25, 0.3) is 0 Å². The molecule has 0 saturated heterocycles. The van der Waals surface area contributed by atoms with Gasteiger partial charge < -0.3 is 15.2 Å². The lowest BCUT2D eigenvalue weighted by Crippen LogP contribution is -2.38. The summed E-state index contributed by atoms with van der Waals surface area (Å²) in [6, 6.07) is 8.94. The van der Waals surface area contributed by atoms with Crippen molar-refractivity contribution in [3.8, 4) is 11.6 Å². The van der Waals surface area contributed by atoms with Crippen molar-refractivity contribution in [2.24, 2.45) is 24.1 Å². The van der Waals surface area contributed by atoms with Crippen molar-refractivity contribution in [2.75, 3.05) is 11.9 Å². The molecular formula is C22H25N7O4. The van der Waals surface area contributed by atoms with E-state index in [1.54, 1.807) is 24.3 Å². The van der Waals surface area contributed by atoms with E-state index in [9.17, 15) is 14.7 Å². The predicted octanol–water partition coefficient (Wildman–Crippen LogP) is 1.81. The Balaban J connectivity index is 2.05. The first-order chi connectivity index (χ1) is 15.7. The number of nitrogens with one attached hydrogen (secondary N) is 1. The largest absolute Gasteiger partial charge is 0.494 e. The van der Waals surface area contributed by atoms with Crippen molar-refractivity contribution in [1.29, 1.82) is 0 Å². The minimum atomic E-state index is -0.692. The number of benzene rings is 1. The van der Waals surface area contributed by atoms with Crippen LogP contribution in [0.1, 0.15) is 23.9 Å². The van der Waals surface area contributed by atoms with Crippen LogP contribution in [0.2, 0.25) is 0 Å². The zero-order valence-corrected chi connectivity index (χ0v) is 19.0. The summed E-state index contributed by atoms with van der Waals surface area (Å²) in [5, 5.41) is 13.3. The van der Waals surface area contributed by atoms with E-state index in [0.717, 1.165) is 26.7 Å². The number of nitrogens with zero attached hydrogens (tertiary/aromatic N) is 6. The Labute approximate surface area is 189 Å². The van der Waals surface area contributed by atoms with Crippen molar-refractivity contribution in [3.05, 3.63) is 68.1 Å². The molecular weight excluding hydrogens is 426 g/mol. The summed E-state index contributed by atoms with van der Waals surface area (Å²) in [6.45, 7) is 6.09. The monoisotopic (exact) mass is 451 g/mol. The van der Waals surface area contributed by atoms with Crippen LogP contribution in [0.15, 0.2) is 49.9 Å². The van der Waals surface area contributed by atoms with Gasteiger partial charge in [-0.05, 0) is 51.1 Å². The van der Waals surface area contributed by atoms with Crippen LogP contribution in [0.5, 0.6) is 11.6 Å². The van der Waals surface area contributed by atoms with Gasteiger partial charge >= 0.3 is 5.69 Å². The highest BCUT2D eigenvalue weighted by atomic mass is 16.5. The highest BCUT2D eigenvalue weighted by Crippen LogP contribution is 2.17. The third kappa shape index (κ3) is 5.50. The number of hydrogen-bond acceptors (Lipinski definition) is 7. The molecule has 2 heterocycles. The summed E-state index contributed by atoms with van der Waals surface area (Å²) in [7, 11) is 2.67. The maximum atomic E-state index is 12.5. The fourth-order valence-electron chi connectivity index (χ4n) is 2.97. The molecule has 0 fully saturated rings. The average Bonchev–Trinajstić information content (AvgIpc) is 2.77. The number of ether oxygens (including phenoxy) is 1. The second-order valence-corrected chi connectivity index (χ2v) is 7.17. The van der Waals surface area contributed by atoms with E-state index in [1.165, 1.54) is 14.1 Å². The molecule has 0 aliphatic carbocycles. The topological polar surface area (TPSA) is 136 Å². The number of aliphatic imine (C=N–C) groups is 2. The Morgan fingerprint density at radius 2 is 1.76 bits per heavy atom. The molecule has 2 aromatic heterocycles. The molecule has 11 nitrogen and oxygen atoms in total. The second kappa shape index (κ2) is 9.90. The minimum Gasteiger partial charge on any atom is -0.494 e. The van der Waals surface area contributed by atoms with E-state index in [4.69, 9.17) is 4.74 Å². The van der Waals surface area contributed by atoms with Crippen molar-refractivity contribution >= 4 is 23.8 Å². The molecule has 0 saturated carbocycles. The molecule has 11 heteroatoms. The molecule has 0 aliphatic heterocycles. The number of aryl methyl sites for hydroxylation is 2. The molecule has 0 atom stereocenters. The first-order valence-corrected chi connectivity index (χ1v) is 10.1. The van der Waals surface area contributed by atoms with E-state index < -0.39 is 17.1 Å². The van der Waals surface area contributed by atoms with Gasteiger partial charge in [-0.1, -0.05) is 0 Å². The van der Waals surface area contributed by atoms with Gasteiger partial charge in [-0.3, -0.25) is 13.9 Å². The van der Waals surface area contributed by atoms with Gasteiger partial charge in [0.25, 0.3) is 11.5 Å². The third-order valence-corrected chi connectivity index (χ3v) is 4.58. The van der Waals surface area contributed by atoms with Crippen molar-refractivity contribution in [2.45, 2.75) is 20.8 Å². The molecule has 0 unspecified atom stereocenters. The minimum absolute atomic E-state index is 0.0690. The van der Waals surface area contributed by atoms with Gasteiger partial charge in [0.15, 0.2) is 0 Å². The normalized spacial score (nSPS) is 11.7. The third-order valence-electron chi connectivity index (χ3n) is 4.58. The number of aromatic nitrogens is 4. The standard InChI is InChI=1S/C22H25N7O4/c1-6-33-16-9-7-15(8-10-16)26-20(27-21-24-13(2)11-14(3)25-21)23-12-17-18(30)28(4)22(32)29(5)19(17)31/h7-12,30H,6H2,1-5H3,(H,24,25,26,27)/b23-12+. The fraction of sp³-hybridized carbons (Fsp3) is 0.273. The number of hydrogen-bond donors (Lipinski definition) is 2. The highest BCUT2D eigenvalue weighted by Gasteiger charge is 2.13. The molecule has 0 radical (unpaired) electrons. The maximum Gasteiger partial charge on any atom is 0.333 e. The molecule has 0 bridgehead atoms. The van der Waals surface area contributed by atoms with Crippen LogP contribution >= 0.6 is 0 Å². The van der Waals surface area contributed by atoms with Gasteiger partial charge in [0.1, 0.15) is 11.3 Å². The Morgan fingerprint density at radius 1 is 1.12 bits per heavy atom. The van der Waals surface area contributed by atoms with Gasteiger partial charge in [-0.15, -0.1) is 0 Å². The average molecular weight is 451 g/mol. The number of aromatic hydroxyl groups is 1. The molecule has 0 spiro atoms. The molecule has 3 aromatic rings. The van der Waals surface area contributed by atoms with Crippen LogP contribution in [0.3, 0.4) is 0 Å². The van der Waals surface area contributed by atoms with Gasteiger partial charge in [0, 0.05) is 37.4 Å². The van der Waals surface area contributed by atoms with E-state index in [2.05, 4.69) is 25.3 Å². The number of rotatable bonds is 5. The molecule has 33 heavy (non-hydrogen) atoms. The zero-order chi connectivity index (χ0) is 24.1. The summed E-state index contributed by atoms with van der Waals surface area (Å²) >= 11 is 0. The molecule has 0 aliphatic rings. The molecule has 0 amide bonds. The van der Waals surface area contributed by atoms with Gasteiger partial charge in [0.05, 0.1) is 6.61 Å². The van der Waals surface area contributed by atoms with Gasteiger partial charge in [-0.25, -0.2) is 19.8 Å². The van der Waals surface area contributed by atoms with E-state index >= 15 is 0 Å². The van der Waals surface area contributed by atoms with Crippen LogP contribution in [0, 0.1) is 13.8 Å². The SMILES string of the molecule is CCOc1ccc(NC(/N=C/c2c(O)n(C)c(=O)n(C)c2=O)=N\c2nc(C)cc(C)n2)cc1. The Kier molecular flexibility index (Phi) is 7.01. The molecule has 2 N–H and O–H groups in total. The van der Waals surface area contributed by atoms with Gasteiger partial charge in [-0.2, -0.15) is 4.99 Å². The van der Waals surface area contributed by atoms with Crippen molar-refractivity contribution in [3.63, 3.8) is 0 Å². The Hall–Kier alpha value is -4.28. The summed E-state index contributed by atoms with van der Waals surface area (Å²) in [5.41, 5.74) is 0.603. The van der Waals surface area contributed by atoms with E-state index in [-0.39, 0.29) is 17.5 Å². The maximum absolute atomic E-state index is 12.5. The summed E-state index contributed by atoms with van der Waals surface area (Å²) in [6.07, 6.45) is 1.14. The fourth-order valence-corrected chi connectivity index (χ4v) is 2.97. The second-order valence-electron chi connectivity index (χ2n) is 7.17. The molecule has 3 rings (SSSR count). The quantitative estimate of drug-likeness (QED) is 0.446. The zero-order valence-electron chi connectivity index (χ0n) is 19.0. The molecule has 1 aromatic carbocycles. The first-order valence-electron chi connectivity index (χ1n) is 10.1. The predicted molar refractivity (Wildman–Crippen MR) is 126 cm³/mol. The lowest BCUT2D eigenvalue weighted by atomic mass is 10.3. The van der Waals surface area contributed by atoms with E-state index in [0.29, 0.717) is 18.0 Å². The van der Waals surface area contributed by atoms with Crippen molar-refractivity contribution < 1.29 is 9.84 Å². The highest BCUT2D eigenvalue weighted by molar-refractivity contribution is 6.02. The summed E-state index contributed by atoms with van der Waals surface area (Å²) in [5.74, 6) is 0.450. The Morgan fingerprint density at radius 3 is 2.36 bits per heavy atom. The number of anilines is 1. The summed E-state index contributed by atoms with van der Waals surface area (Å²) < 4.78 is 7.28. The lowest BCUT2D eigenvalue weighted by molar-refractivity contribution is 0.340. The van der Waals surface area contributed by atoms with Crippen LogP contribution < -0.4 is 21.3 Å². The van der Waals surface area contributed by atoms with Crippen LogP contribution in [-0.2, 0) is 14.1 Å². The van der Waals surface area contributed by atoms with Crippen molar-refractivity contribution in [1.82, 2.24) is 19.1 Å². The molecule has 172 valence electrons.